The third-order valence-electron chi connectivity index (χ3n) is 3.98. The molecule has 9 heteroatoms. The van der Waals surface area contributed by atoms with Crippen molar-refractivity contribution in [1.29, 1.82) is 0 Å². The zero-order chi connectivity index (χ0) is 19.2. The van der Waals surface area contributed by atoms with Crippen molar-refractivity contribution in [2.75, 3.05) is 37.9 Å². The smallest absolute Gasteiger partial charge is 0.342 e. The second kappa shape index (κ2) is 8.63. The zero-order valence-corrected chi connectivity index (χ0v) is 15.4. The highest BCUT2D eigenvalue weighted by molar-refractivity contribution is 5.92. The monoisotopic (exact) mass is 373 g/mol. The lowest BCUT2D eigenvalue weighted by Gasteiger charge is -2.14. The molecule has 0 saturated carbocycles. The third-order valence-corrected chi connectivity index (χ3v) is 3.98. The minimum absolute atomic E-state index is 0.0618. The van der Waals surface area contributed by atoms with Crippen LogP contribution < -0.4 is 15.4 Å². The number of anilines is 2. The molecule has 0 bridgehead atoms. The molecule has 0 aliphatic carbocycles. The van der Waals surface area contributed by atoms with Crippen molar-refractivity contribution >= 4 is 17.9 Å². The predicted octanol–water partition coefficient (Wildman–Crippen LogP) is 1.43. The molecular weight excluding hydrogens is 350 g/mol. The number of rotatable bonds is 7. The number of aromatic nitrogens is 3. The van der Waals surface area contributed by atoms with Crippen molar-refractivity contribution in [3.63, 3.8) is 0 Å². The van der Waals surface area contributed by atoms with Gasteiger partial charge in [-0.15, -0.1) is 0 Å². The molecule has 1 aliphatic rings. The number of nitrogens with two attached hydrogens (primary N) is 1. The second-order valence-electron chi connectivity index (χ2n) is 6.32. The van der Waals surface area contributed by atoms with E-state index in [-0.39, 0.29) is 24.5 Å². The van der Waals surface area contributed by atoms with Gasteiger partial charge in [0.25, 0.3) is 0 Å². The third kappa shape index (κ3) is 5.04. The Bertz CT molecular complexity index is 793. The summed E-state index contributed by atoms with van der Waals surface area (Å²) in [6.07, 6.45) is 2.05. The fourth-order valence-corrected chi connectivity index (χ4v) is 2.62. The molecule has 1 fully saturated rings. The standard InChI is InChI=1S/C18H23N5O4/c1-23(2)18-21-15(20-17(19)22-18)11-27-16(24)13-7-3-4-8-14(13)26-10-12-6-5-9-25-12/h3-4,7-8,12H,5-6,9-11H2,1-2H3,(H2,19,20,21,22)/t12-/m0/s1. The van der Waals surface area contributed by atoms with Crippen LogP contribution in [0.3, 0.4) is 0 Å². The number of carbonyl (C=O) groups excluding carboxylic acids is 1. The topological polar surface area (TPSA) is 113 Å². The van der Waals surface area contributed by atoms with Crippen LogP contribution in [-0.4, -0.2) is 54.3 Å². The Morgan fingerprint density at radius 1 is 1.30 bits per heavy atom. The van der Waals surface area contributed by atoms with E-state index >= 15 is 0 Å². The van der Waals surface area contributed by atoms with Gasteiger partial charge in [0, 0.05) is 20.7 Å². The van der Waals surface area contributed by atoms with Gasteiger partial charge in [-0.1, -0.05) is 12.1 Å². The lowest BCUT2D eigenvalue weighted by atomic mass is 10.2. The van der Waals surface area contributed by atoms with Gasteiger partial charge in [-0.25, -0.2) is 4.79 Å². The molecule has 2 N–H and O–H groups in total. The normalized spacial score (nSPS) is 16.1. The first kappa shape index (κ1) is 18.8. The molecule has 0 spiro atoms. The van der Waals surface area contributed by atoms with E-state index in [1.165, 1.54) is 0 Å². The summed E-state index contributed by atoms with van der Waals surface area (Å²) in [6, 6.07) is 6.94. The van der Waals surface area contributed by atoms with Gasteiger partial charge in [0.1, 0.15) is 17.9 Å². The highest BCUT2D eigenvalue weighted by atomic mass is 16.5. The summed E-state index contributed by atoms with van der Waals surface area (Å²) in [4.78, 5) is 26.4. The van der Waals surface area contributed by atoms with Crippen LogP contribution in [0.5, 0.6) is 5.75 Å². The van der Waals surface area contributed by atoms with Crippen molar-refractivity contribution in [3.8, 4) is 5.75 Å². The van der Waals surface area contributed by atoms with Crippen LogP contribution in [0.25, 0.3) is 0 Å². The van der Waals surface area contributed by atoms with Crippen LogP contribution in [0.15, 0.2) is 24.3 Å². The fraction of sp³-hybridized carbons (Fsp3) is 0.444. The van der Waals surface area contributed by atoms with Crippen LogP contribution in [0.2, 0.25) is 0 Å². The highest BCUT2D eigenvalue weighted by Crippen LogP contribution is 2.21. The Labute approximate surface area is 157 Å². The maximum Gasteiger partial charge on any atom is 0.342 e. The van der Waals surface area contributed by atoms with Crippen molar-refractivity contribution in [3.05, 3.63) is 35.7 Å². The van der Waals surface area contributed by atoms with Gasteiger partial charge in [-0.05, 0) is 25.0 Å². The number of ether oxygens (including phenoxy) is 3. The number of hydrogen-bond acceptors (Lipinski definition) is 9. The molecule has 1 aromatic heterocycles. The average Bonchev–Trinajstić information content (AvgIpc) is 3.18. The second-order valence-corrected chi connectivity index (χ2v) is 6.32. The van der Waals surface area contributed by atoms with Crippen LogP contribution >= 0.6 is 0 Å². The first-order valence-electron chi connectivity index (χ1n) is 8.71. The summed E-state index contributed by atoms with van der Waals surface area (Å²) >= 11 is 0. The van der Waals surface area contributed by atoms with Gasteiger partial charge >= 0.3 is 5.97 Å². The minimum atomic E-state index is -0.525. The van der Waals surface area contributed by atoms with E-state index in [1.807, 2.05) is 0 Å². The van der Waals surface area contributed by atoms with Gasteiger partial charge in [0.15, 0.2) is 12.4 Å². The van der Waals surface area contributed by atoms with Crippen LogP contribution in [0.1, 0.15) is 29.0 Å². The van der Waals surface area contributed by atoms with Crippen molar-refractivity contribution in [2.24, 2.45) is 0 Å². The van der Waals surface area contributed by atoms with Crippen molar-refractivity contribution in [2.45, 2.75) is 25.6 Å². The fourth-order valence-electron chi connectivity index (χ4n) is 2.62. The molecule has 2 aromatic rings. The Balaban J connectivity index is 1.64. The molecule has 2 heterocycles. The SMILES string of the molecule is CN(C)c1nc(N)nc(COC(=O)c2ccccc2OC[C@@H]2CCCO2)n1. The first-order chi connectivity index (χ1) is 13.0. The van der Waals surface area contributed by atoms with Gasteiger partial charge in [-0.3, -0.25) is 0 Å². The van der Waals surface area contributed by atoms with Gasteiger partial charge in [0.2, 0.25) is 11.9 Å². The summed E-state index contributed by atoms with van der Waals surface area (Å²) < 4.78 is 16.7. The van der Waals surface area contributed by atoms with E-state index < -0.39 is 5.97 Å². The van der Waals surface area contributed by atoms with E-state index in [0.29, 0.717) is 23.9 Å². The lowest BCUT2D eigenvalue weighted by molar-refractivity contribution is 0.0445. The number of nitrogen functional groups attached to an aromatic ring is 1. The molecule has 1 saturated heterocycles. The summed E-state index contributed by atoms with van der Waals surface area (Å²) in [5, 5.41) is 0. The maximum absolute atomic E-state index is 12.5. The van der Waals surface area contributed by atoms with E-state index in [4.69, 9.17) is 19.9 Å². The van der Waals surface area contributed by atoms with Crippen LogP contribution in [0.4, 0.5) is 11.9 Å². The quantitative estimate of drug-likeness (QED) is 0.720. The predicted molar refractivity (Wildman–Crippen MR) is 98.6 cm³/mol. The molecule has 3 rings (SSSR count). The molecule has 144 valence electrons. The molecule has 27 heavy (non-hydrogen) atoms. The van der Waals surface area contributed by atoms with Gasteiger partial charge in [-0.2, -0.15) is 15.0 Å². The summed E-state index contributed by atoms with van der Waals surface area (Å²) in [7, 11) is 3.57. The number of carbonyl (C=O) groups is 1. The number of para-hydroxylation sites is 1. The Morgan fingerprint density at radius 3 is 2.85 bits per heavy atom. The molecule has 0 radical (unpaired) electrons. The van der Waals surface area contributed by atoms with E-state index in [2.05, 4.69) is 15.0 Å². The van der Waals surface area contributed by atoms with Gasteiger partial charge < -0.3 is 24.8 Å². The largest absolute Gasteiger partial charge is 0.490 e. The molecule has 0 amide bonds. The first-order valence-corrected chi connectivity index (χ1v) is 8.71. The minimum Gasteiger partial charge on any atom is -0.490 e. The number of hydrogen-bond donors (Lipinski definition) is 1. The van der Waals surface area contributed by atoms with Crippen LogP contribution in [-0.2, 0) is 16.1 Å². The van der Waals surface area contributed by atoms with E-state index in [1.54, 1.807) is 43.3 Å². The molecule has 1 aromatic carbocycles. The molecule has 1 aliphatic heterocycles. The summed E-state index contributed by atoms with van der Waals surface area (Å²) in [5.41, 5.74) is 6.02. The zero-order valence-electron chi connectivity index (χ0n) is 15.4. The van der Waals surface area contributed by atoms with Crippen molar-refractivity contribution < 1.29 is 19.0 Å². The lowest BCUT2D eigenvalue weighted by Crippen LogP contribution is -2.18. The van der Waals surface area contributed by atoms with Gasteiger partial charge in [0.05, 0.1) is 6.10 Å². The number of esters is 1. The maximum atomic E-state index is 12.5. The number of benzene rings is 1. The van der Waals surface area contributed by atoms with E-state index in [9.17, 15) is 4.79 Å². The molecule has 0 unspecified atom stereocenters. The highest BCUT2D eigenvalue weighted by Gasteiger charge is 2.19. The van der Waals surface area contributed by atoms with Crippen molar-refractivity contribution in [1.82, 2.24) is 15.0 Å². The average molecular weight is 373 g/mol. The van der Waals surface area contributed by atoms with E-state index in [0.717, 1.165) is 19.4 Å². The Kier molecular flexibility index (Phi) is 6.02. The number of nitrogens with zero attached hydrogens (tertiary/aromatic N) is 4. The molecule has 9 nitrogen and oxygen atoms in total. The molecular formula is C18H23N5O4. The summed E-state index contributed by atoms with van der Waals surface area (Å²) in [6.45, 7) is 1.04. The van der Waals surface area contributed by atoms with Crippen LogP contribution in [0, 0.1) is 0 Å². The Hall–Kier alpha value is -2.94. The Morgan fingerprint density at radius 2 is 2.11 bits per heavy atom. The summed E-state index contributed by atoms with van der Waals surface area (Å²) in [5.74, 6) is 0.677. The molecule has 1 atom stereocenters.